The number of rotatable bonds is 9. The molecule has 0 spiro atoms. The molecule has 0 fully saturated rings. The summed E-state index contributed by atoms with van der Waals surface area (Å²) in [5.74, 6) is -15.5. The number of nitrogens with two attached hydrogens (primary N) is 1. The molecule has 5 N–H and O–H groups in total. The number of halogens is 8. The van der Waals surface area contributed by atoms with Gasteiger partial charge in [-0.15, -0.1) is 0 Å². The zero-order valence-corrected chi connectivity index (χ0v) is 20.1. The van der Waals surface area contributed by atoms with Gasteiger partial charge in [0.05, 0.1) is 0 Å². The quantitative estimate of drug-likeness (QED) is 0.236. The second kappa shape index (κ2) is 12.2. The first-order valence-corrected chi connectivity index (χ1v) is 11.1. The van der Waals surface area contributed by atoms with Crippen molar-refractivity contribution < 1.29 is 44.7 Å². The minimum Gasteiger partial charge on any atom is -0.348 e. The largest absolute Gasteiger partial charge is 0.348 e. The van der Waals surface area contributed by atoms with Gasteiger partial charge in [-0.05, 0) is 25.2 Å². The lowest BCUT2D eigenvalue weighted by Crippen LogP contribution is -2.27. The average molecular weight is 560 g/mol. The highest BCUT2D eigenvalue weighted by molar-refractivity contribution is 5.99. The molecule has 14 heteroatoms. The molecular formula is C25H20F8N4O2. The van der Waals surface area contributed by atoms with Gasteiger partial charge in [-0.1, -0.05) is 6.07 Å². The predicted octanol–water partition coefficient (Wildman–Crippen LogP) is 3.84. The summed E-state index contributed by atoms with van der Waals surface area (Å²) in [6.45, 7) is -3.22. The molecule has 0 atom stereocenters. The molecule has 3 aromatic carbocycles. The Morgan fingerprint density at radius 1 is 0.615 bits per heavy atom. The number of hydrogen-bond donors (Lipinski definition) is 4. The fourth-order valence-electron chi connectivity index (χ4n) is 3.61. The molecule has 0 saturated carbocycles. The summed E-state index contributed by atoms with van der Waals surface area (Å²) in [5.41, 5.74) is 0.570. The van der Waals surface area contributed by atoms with Crippen molar-refractivity contribution in [2.45, 2.75) is 26.2 Å². The molecule has 3 rings (SSSR count). The standard InChI is InChI=1S/C25H20F8N4O2/c1-35-7-13-18(28)22(32)15(23(33)19(13)29)9-37-25(39)11-4-2-3-10(5-11)24(38)36-8-14-20(30)16(26)12(6-34)17(27)21(14)31/h2-5,35H,6-9,34H2,1H3,(H,36,38)(H,37,39). The smallest absolute Gasteiger partial charge is 0.251 e. The van der Waals surface area contributed by atoms with Crippen LogP contribution in [0, 0.1) is 46.5 Å². The summed E-state index contributed by atoms with van der Waals surface area (Å²) in [6.07, 6.45) is 0. The Morgan fingerprint density at radius 3 is 1.28 bits per heavy atom. The third-order valence-corrected chi connectivity index (χ3v) is 5.69. The molecule has 0 heterocycles. The van der Waals surface area contributed by atoms with Crippen LogP contribution < -0.4 is 21.7 Å². The van der Waals surface area contributed by atoms with Gasteiger partial charge < -0.3 is 21.7 Å². The van der Waals surface area contributed by atoms with Crippen molar-refractivity contribution >= 4 is 11.8 Å². The van der Waals surface area contributed by atoms with Crippen LogP contribution in [0.3, 0.4) is 0 Å². The molecule has 0 unspecified atom stereocenters. The van der Waals surface area contributed by atoms with E-state index < -0.39 is 107 Å². The number of nitrogens with one attached hydrogen (secondary N) is 3. The zero-order valence-electron chi connectivity index (χ0n) is 20.1. The Morgan fingerprint density at radius 2 is 0.949 bits per heavy atom. The number of hydrogen-bond acceptors (Lipinski definition) is 4. The summed E-state index contributed by atoms with van der Waals surface area (Å²) in [5, 5.41) is 6.49. The highest BCUT2D eigenvalue weighted by Crippen LogP contribution is 2.25. The molecule has 2 amide bonds. The Labute approximate surface area is 216 Å². The van der Waals surface area contributed by atoms with E-state index in [1.54, 1.807) is 0 Å². The van der Waals surface area contributed by atoms with E-state index in [1.807, 2.05) is 0 Å². The fourth-order valence-corrected chi connectivity index (χ4v) is 3.61. The van der Waals surface area contributed by atoms with E-state index in [0.29, 0.717) is 0 Å². The summed E-state index contributed by atoms with van der Waals surface area (Å²) in [4.78, 5) is 24.9. The van der Waals surface area contributed by atoms with Crippen molar-refractivity contribution in [1.82, 2.24) is 16.0 Å². The minimum absolute atomic E-state index is 0.238. The predicted molar refractivity (Wildman–Crippen MR) is 122 cm³/mol. The van der Waals surface area contributed by atoms with Gasteiger partial charge in [0.1, 0.15) is 0 Å². The van der Waals surface area contributed by atoms with Crippen molar-refractivity contribution in [3.05, 3.63) is 104 Å². The van der Waals surface area contributed by atoms with E-state index in [-0.39, 0.29) is 11.1 Å². The van der Waals surface area contributed by atoms with Crippen LogP contribution in [-0.2, 0) is 26.2 Å². The molecule has 6 nitrogen and oxygen atoms in total. The van der Waals surface area contributed by atoms with Crippen LogP contribution in [0.5, 0.6) is 0 Å². The maximum absolute atomic E-state index is 14.3. The van der Waals surface area contributed by atoms with Crippen molar-refractivity contribution in [3.8, 4) is 0 Å². The molecule has 0 aliphatic heterocycles. The van der Waals surface area contributed by atoms with Crippen molar-refractivity contribution in [2.75, 3.05) is 7.05 Å². The van der Waals surface area contributed by atoms with Crippen molar-refractivity contribution in [3.63, 3.8) is 0 Å². The molecule has 3 aromatic rings. The SMILES string of the molecule is CNCc1c(F)c(F)c(CNC(=O)c2cccc(C(=O)NCc3c(F)c(F)c(CN)c(F)c3F)c2)c(F)c1F. The first kappa shape index (κ1) is 29.5. The van der Waals surface area contributed by atoms with Crippen LogP contribution in [0.2, 0.25) is 0 Å². The van der Waals surface area contributed by atoms with Crippen LogP contribution in [0.15, 0.2) is 24.3 Å². The highest BCUT2D eigenvalue weighted by Gasteiger charge is 2.26. The Bertz CT molecular complexity index is 1390. The van der Waals surface area contributed by atoms with Gasteiger partial charge >= 0.3 is 0 Å². The first-order valence-electron chi connectivity index (χ1n) is 11.1. The van der Waals surface area contributed by atoms with Gasteiger partial charge in [0.25, 0.3) is 11.8 Å². The summed E-state index contributed by atoms with van der Waals surface area (Å²) < 4.78 is 113. The van der Waals surface area contributed by atoms with E-state index >= 15 is 0 Å². The topological polar surface area (TPSA) is 96.2 Å². The van der Waals surface area contributed by atoms with E-state index in [9.17, 15) is 44.7 Å². The zero-order chi connectivity index (χ0) is 29.0. The summed E-state index contributed by atoms with van der Waals surface area (Å²) in [7, 11) is 1.31. The monoisotopic (exact) mass is 560 g/mol. The fraction of sp³-hybridized carbons (Fsp3) is 0.200. The lowest BCUT2D eigenvalue weighted by Gasteiger charge is -2.13. The minimum atomic E-state index is -1.74. The lowest BCUT2D eigenvalue weighted by atomic mass is 10.1. The van der Waals surface area contributed by atoms with Crippen LogP contribution in [-0.4, -0.2) is 18.9 Å². The van der Waals surface area contributed by atoms with Gasteiger partial charge in [-0.25, -0.2) is 35.1 Å². The second-order valence-electron chi connectivity index (χ2n) is 8.11. The number of carbonyl (C=O) groups is 2. The number of benzene rings is 3. The van der Waals surface area contributed by atoms with Gasteiger partial charge in [-0.2, -0.15) is 0 Å². The average Bonchev–Trinajstić information content (AvgIpc) is 2.93. The van der Waals surface area contributed by atoms with Gasteiger partial charge in [-0.3, -0.25) is 9.59 Å². The van der Waals surface area contributed by atoms with Crippen molar-refractivity contribution in [2.24, 2.45) is 5.73 Å². The maximum atomic E-state index is 14.3. The van der Waals surface area contributed by atoms with Crippen LogP contribution >= 0.6 is 0 Å². The van der Waals surface area contributed by atoms with Gasteiger partial charge in [0.2, 0.25) is 0 Å². The van der Waals surface area contributed by atoms with Crippen molar-refractivity contribution in [1.29, 1.82) is 0 Å². The highest BCUT2D eigenvalue weighted by atomic mass is 19.2. The van der Waals surface area contributed by atoms with E-state index in [4.69, 9.17) is 5.73 Å². The van der Waals surface area contributed by atoms with Gasteiger partial charge in [0.15, 0.2) is 46.5 Å². The summed E-state index contributed by atoms with van der Waals surface area (Å²) >= 11 is 0. The van der Waals surface area contributed by atoms with Crippen LogP contribution in [0.25, 0.3) is 0 Å². The van der Waals surface area contributed by atoms with Crippen LogP contribution in [0.1, 0.15) is 43.0 Å². The van der Waals surface area contributed by atoms with Gasteiger partial charge in [0, 0.05) is 59.6 Å². The Balaban J connectivity index is 1.74. The Hall–Kier alpha value is -4.04. The maximum Gasteiger partial charge on any atom is 0.251 e. The first-order chi connectivity index (χ1) is 18.4. The number of amides is 2. The molecule has 0 aromatic heterocycles. The normalized spacial score (nSPS) is 11.0. The molecular weight excluding hydrogens is 540 g/mol. The molecule has 39 heavy (non-hydrogen) atoms. The summed E-state index contributed by atoms with van der Waals surface area (Å²) in [6, 6.07) is 4.57. The molecule has 208 valence electrons. The third-order valence-electron chi connectivity index (χ3n) is 5.69. The molecule has 0 bridgehead atoms. The second-order valence-corrected chi connectivity index (χ2v) is 8.11. The molecule has 0 saturated heterocycles. The lowest BCUT2D eigenvalue weighted by molar-refractivity contribution is 0.0949. The van der Waals surface area contributed by atoms with Crippen LogP contribution in [0.4, 0.5) is 35.1 Å². The van der Waals surface area contributed by atoms with E-state index in [1.165, 1.54) is 25.2 Å². The molecule has 0 aliphatic carbocycles. The number of carbonyl (C=O) groups excluding carboxylic acids is 2. The Kier molecular flexibility index (Phi) is 9.24. The molecule has 0 radical (unpaired) electrons. The van der Waals surface area contributed by atoms with E-state index in [2.05, 4.69) is 16.0 Å². The third kappa shape index (κ3) is 5.86. The van der Waals surface area contributed by atoms with E-state index in [0.717, 1.165) is 6.07 Å². The molecule has 0 aliphatic rings.